The van der Waals surface area contributed by atoms with Gasteiger partial charge in [-0.15, -0.1) is 0 Å². The Morgan fingerprint density at radius 3 is 2.93 bits per heavy atom. The van der Waals surface area contributed by atoms with Crippen LogP contribution in [-0.4, -0.2) is 12.4 Å². The van der Waals surface area contributed by atoms with E-state index < -0.39 is 0 Å². The molecule has 2 heteroatoms. The van der Waals surface area contributed by atoms with Crippen LogP contribution in [0.1, 0.15) is 25.8 Å². The summed E-state index contributed by atoms with van der Waals surface area (Å²) in [6.07, 6.45) is 1.95. The molecule has 1 aromatic rings. The largest absolute Gasteiger partial charge is 0.330 e. The van der Waals surface area contributed by atoms with Gasteiger partial charge in [0, 0.05) is 18.7 Å². The Balaban J connectivity index is 2.38. The Kier molecular flexibility index (Phi) is 2.76. The maximum absolute atomic E-state index is 7.98. The molecule has 1 atom stereocenters. The van der Waals surface area contributed by atoms with E-state index in [4.69, 9.17) is 5.41 Å². The molecule has 1 N–H and O–H groups in total. The van der Waals surface area contributed by atoms with Crippen molar-refractivity contribution in [2.75, 3.05) is 11.4 Å². The molecule has 0 bridgehead atoms. The van der Waals surface area contributed by atoms with E-state index in [0.717, 1.165) is 25.2 Å². The molecule has 0 radical (unpaired) electrons. The van der Waals surface area contributed by atoms with Gasteiger partial charge in [-0.05, 0) is 24.0 Å². The number of hydrogen-bond acceptors (Lipinski definition) is 1. The predicted octanol–water partition coefficient (Wildman–Crippen LogP) is 3.07. The first-order valence-electron chi connectivity index (χ1n) is 5.65. The van der Waals surface area contributed by atoms with Crippen LogP contribution in [0.5, 0.6) is 0 Å². The van der Waals surface area contributed by atoms with E-state index in [1.54, 1.807) is 0 Å². The average Bonchev–Trinajstić information content (AvgIpc) is 2.26. The quantitative estimate of drug-likeness (QED) is 0.550. The SMILES string of the molecule is CCC(=N)N1CC(C)Cc2ccccc21. The summed E-state index contributed by atoms with van der Waals surface area (Å²) in [6, 6.07) is 8.46. The lowest BCUT2D eigenvalue weighted by Gasteiger charge is -2.34. The van der Waals surface area contributed by atoms with Gasteiger partial charge in [0.1, 0.15) is 0 Å². The average molecular weight is 202 g/mol. The molecule has 0 amide bonds. The van der Waals surface area contributed by atoms with E-state index in [9.17, 15) is 0 Å². The van der Waals surface area contributed by atoms with Crippen molar-refractivity contribution < 1.29 is 0 Å². The molecule has 1 heterocycles. The molecule has 0 saturated carbocycles. The summed E-state index contributed by atoms with van der Waals surface area (Å²) in [7, 11) is 0. The Labute approximate surface area is 91.4 Å². The number of para-hydroxylation sites is 1. The van der Waals surface area contributed by atoms with Crippen LogP contribution in [0.15, 0.2) is 24.3 Å². The second-order valence-corrected chi connectivity index (χ2v) is 4.35. The molecule has 1 aromatic carbocycles. The second kappa shape index (κ2) is 4.05. The van der Waals surface area contributed by atoms with Gasteiger partial charge in [-0.1, -0.05) is 32.0 Å². The van der Waals surface area contributed by atoms with Crippen LogP contribution in [0.2, 0.25) is 0 Å². The highest BCUT2D eigenvalue weighted by Gasteiger charge is 2.22. The lowest BCUT2D eigenvalue weighted by atomic mass is 9.93. The molecule has 0 fully saturated rings. The van der Waals surface area contributed by atoms with Crippen molar-refractivity contribution in [3.05, 3.63) is 29.8 Å². The van der Waals surface area contributed by atoms with Crippen LogP contribution in [0.4, 0.5) is 5.69 Å². The number of amidine groups is 1. The maximum atomic E-state index is 7.98. The van der Waals surface area contributed by atoms with Crippen LogP contribution < -0.4 is 4.90 Å². The number of fused-ring (bicyclic) bond motifs is 1. The fraction of sp³-hybridized carbons (Fsp3) is 0.462. The van der Waals surface area contributed by atoms with Gasteiger partial charge in [0.2, 0.25) is 0 Å². The monoisotopic (exact) mass is 202 g/mol. The van der Waals surface area contributed by atoms with Gasteiger partial charge in [0.05, 0.1) is 5.84 Å². The number of hydrogen-bond donors (Lipinski definition) is 1. The first-order valence-corrected chi connectivity index (χ1v) is 5.65. The number of benzene rings is 1. The molecule has 2 rings (SSSR count). The van der Waals surface area contributed by atoms with E-state index >= 15 is 0 Å². The third-order valence-corrected chi connectivity index (χ3v) is 3.01. The molecular weight excluding hydrogens is 184 g/mol. The number of anilines is 1. The third kappa shape index (κ3) is 1.89. The fourth-order valence-corrected chi connectivity index (χ4v) is 2.24. The van der Waals surface area contributed by atoms with E-state index in [-0.39, 0.29) is 0 Å². The number of nitrogens with zero attached hydrogens (tertiary/aromatic N) is 1. The van der Waals surface area contributed by atoms with Crippen molar-refractivity contribution in [3.8, 4) is 0 Å². The first kappa shape index (κ1) is 10.2. The van der Waals surface area contributed by atoms with Crippen molar-refractivity contribution in [2.45, 2.75) is 26.7 Å². The van der Waals surface area contributed by atoms with Crippen molar-refractivity contribution in [3.63, 3.8) is 0 Å². The highest BCUT2D eigenvalue weighted by molar-refractivity contribution is 5.96. The minimum Gasteiger partial charge on any atom is -0.330 e. The Morgan fingerprint density at radius 1 is 1.47 bits per heavy atom. The highest BCUT2D eigenvalue weighted by Crippen LogP contribution is 2.29. The van der Waals surface area contributed by atoms with Crippen molar-refractivity contribution in [1.82, 2.24) is 0 Å². The van der Waals surface area contributed by atoms with Gasteiger partial charge >= 0.3 is 0 Å². The molecule has 0 aliphatic carbocycles. The molecule has 15 heavy (non-hydrogen) atoms. The normalized spacial score (nSPS) is 19.9. The summed E-state index contributed by atoms with van der Waals surface area (Å²) in [6.45, 7) is 5.29. The van der Waals surface area contributed by atoms with E-state index in [1.807, 2.05) is 6.92 Å². The summed E-state index contributed by atoms with van der Waals surface area (Å²) in [5.74, 6) is 1.38. The zero-order valence-corrected chi connectivity index (χ0v) is 9.46. The molecule has 80 valence electrons. The molecule has 1 aliphatic rings. The number of rotatable bonds is 1. The lowest BCUT2D eigenvalue weighted by Crippen LogP contribution is -2.38. The molecule has 0 spiro atoms. The van der Waals surface area contributed by atoms with Gasteiger partial charge in [0.15, 0.2) is 0 Å². The van der Waals surface area contributed by atoms with E-state index in [0.29, 0.717) is 5.92 Å². The Hall–Kier alpha value is -1.31. The van der Waals surface area contributed by atoms with Gasteiger partial charge in [-0.3, -0.25) is 5.41 Å². The standard InChI is InChI=1S/C13H18N2/c1-3-13(14)15-9-10(2)8-11-6-4-5-7-12(11)15/h4-7,10,14H,3,8-9H2,1-2H3. The summed E-state index contributed by atoms with van der Waals surface area (Å²) in [5.41, 5.74) is 2.62. The van der Waals surface area contributed by atoms with Gasteiger partial charge in [-0.25, -0.2) is 0 Å². The summed E-state index contributed by atoms with van der Waals surface area (Å²) < 4.78 is 0. The van der Waals surface area contributed by atoms with Crippen molar-refractivity contribution in [1.29, 1.82) is 5.41 Å². The van der Waals surface area contributed by atoms with Gasteiger partial charge in [0.25, 0.3) is 0 Å². The Morgan fingerprint density at radius 2 is 2.20 bits per heavy atom. The smallest absolute Gasteiger partial charge is 0.0999 e. The fourth-order valence-electron chi connectivity index (χ4n) is 2.24. The molecule has 0 saturated heterocycles. The van der Waals surface area contributed by atoms with Crippen LogP contribution in [0, 0.1) is 11.3 Å². The van der Waals surface area contributed by atoms with Crippen LogP contribution in [0.25, 0.3) is 0 Å². The molecule has 2 nitrogen and oxygen atoms in total. The second-order valence-electron chi connectivity index (χ2n) is 4.35. The zero-order chi connectivity index (χ0) is 10.8. The predicted molar refractivity (Wildman–Crippen MR) is 64.7 cm³/mol. The number of nitrogens with one attached hydrogen (secondary N) is 1. The molecule has 1 unspecified atom stereocenters. The van der Waals surface area contributed by atoms with Crippen LogP contribution in [-0.2, 0) is 6.42 Å². The third-order valence-electron chi connectivity index (χ3n) is 3.01. The lowest BCUT2D eigenvalue weighted by molar-refractivity contribution is 0.565. The Bertz CT molecular complexity index is 371. The van der Waals surface area contributed by atoms with Crippen LogP contribution in [0.3, 0.4) is 0 Å². The van der Waals surface area contributed by atoms with Crippen molar-refractivity contribution in [2.24, 2.45) is 5.92 Å². The minimum absolute atomic E-state index is 0.645. The topological polar surface area (TPSA) is 27.1 Å². The summed E-state index contributed by atoms with van der Waals surface area (Å²) in [4.78, 5) is 2.16. The van der Waals surface area contributed by atoms with Gasteiger partial charge < -0.3 is 4.90 Å². The van der Waals surface area contributed by atoms with Gasteiger partial charge in [-0.2, -0.15) is 0 Å². The van der Waals surface area contributed by atoms with E-state index in [1.165, 1.54) is 11.3 Å². The summed E-state index contributed by atoms with van der Waals surface area (Å²) >= 11 is 0. The summed E-state index contributed by atoms with van der Waals surface area (Å²) in [5, 5.41) is 7.98. The van der Waals surface area contributed by atoms with E-state index in [2.05, 4.69) is 36.1 Å². The van der Waals surface area contributed by atoms with Crippen LogP contribution >= 0.6 is 0 Å². The molecule has 0 aromatic heterocycles. The zero-order valence-electron chi connectivity index (χ0n) is 9.46. The highest BCUT2D eigenvalue weighted by atomic mass is 15.2. The van der Waals surface area contributed by atoms with Crippen molar-refractivity contribution >= 4 is 11.5 Å². The minimum atomic E-state index is 0.645. The molecular formula is C13H18N2. The molecule has 1 aliphatic heterocycles. The first-order chi connectivity index (χ1) is 7.22. The maximum Gasteiger partial charge on any atom is 0.0999 e.